The molecule has 0 unspecified atom stereocenters. The molecule has 0 aliphatic carbocycles. The van der Waals surface area contributed by atoms with E-state index in [1.165, 1.54) is 11.3 Å². The Kier molecular flexibility index (Phi) is 6.47. The van der Waals surface area contributed by atoms with E-state index in [1.54, 1.807) is 17.9 Å². The SMILES string of the molecule is CC[C@@H](C)NS(=O)(=O)c1cc(-c2nc(C)c(C(=O)N3CCOCC3)s2)n(C)c1C. The molecule has 1 saturated heterocycles. The monoisotopic (exact) mass is 440 g/mol. The van der Waals surface area contributed by atoms with Gasteiger partial charge in [0.25, 0.3) is 5.91 Å². The number of thiazole rings is 1. The average molecular weight is 441 g/mol. The van der Waals surface area contributed by atoms with Crippen molar-refractivity contribution in [1.82, 2.24) is 19.2 Å². The lowest BCUT2D eigenvalue weighted by atomic mass is 10.3. The molecule has 2 aromatic heterocycles. The zero-order valence-corrected chi connectivity index (χ0v) is 19.1. The maximum Gasteiger partial charge on any atom is 0.266 e. The van der Waals surface area contributed by atoms with Crippen LogP contribution in [-0.4, -0.2) is 61.1 Å². The highest BCUT2D eigenvalue weighted by Gasteiger charge is 2.27. The molecule has 0 radical (unpaired) electrons. The van der Waals surface area contributed by atoms with Crippen molar-refractivity contribution in [3.8, 4) is 10.7 Å². The third-order valence-corrected chi connectivity index (χ3v) is 8.13. The van der Waals surface area contributed by atoms with Crippen LogP contribution in [0.15, 0.2) is 11.0 Å². The second-order valence-electron chi connectivity index (χ2n) is 7.31. The van der Waals surface area contributed by atoms with E-state index in [-0.39, 0.29) is 16.8 Å². The van der Waals surface area contributed by atoms with Gasteiger partial charge in [-0.1, -0.05) is 6.92 Å². The van der Waals surface area contributed by atoms with Crippen LogP contribution in [0.5, 0.6) is 0 Å². The van der Waals surface area contributed by atoms with E-state index >= 15 is 0 Å². The molecular formula is C19H28N4O4S2. The normalized spacial score (nSPS) is 16.2. The minimum Gasteiger partial charge on any atom is -0.378 e. The first-order valence-electron chi connectivity index (χ1n) is 9.69. The molecule has 160 valence electrons. The summed E-state index contributed by atoms with van der Waals surface area (Å²) in [5, 5.41) is 0.634. The van der Waals surface area contributed by atoms with Crippen molar-refractivity contribution < 1.29 is 17.9 Å². The van der Waals surface area contributed by atoms with Gasteiger partial charge >= 0.3 is 0 Å². The molecule has 2 aromatic rings. The van der Waals surface area contributed by atoms with Crippen LogP contribution in [0.1, 0.15) is 41.3 Å². The lowest BCUT2D eigenvalue weighted by Crippen LogP contribution is -2.40. The largest absolute Gasteiger partial charge is 0.378 e. The third kappa shape index (κ3) is 4.40. The Bertz CT molecular complexity index is 1000. The number of aromatic nitrogens is 2. The molecule has 1 N–H and O–H groups in total. The van der Waals surface area contributed by atoms with Crippen LogP contribution in [0.4, 0.5) is 0 Å². The number of hydrogen-bond acceptors (Lipinski definition) is 6. The first-order chi connectivity index (χ1) is 13.7. The zero-order chi connectivity index (χ0) is 21.3. The van der Waals surface area contributed by atoms with Crippen molar-refractivity contribution in [2.24, 2.45) is 7.05 Å². The van der Waals surface area contributed by atoms with E-state index in [4.69, 9.17) is 4.74 Å². The molecular weight excluding hydrogens is 412 g/mol. The Morgan fingerprint density at radius 3 is 2.62 bits per heavy atom. The number of carbonyl (C=O) groups excluding carboxylic acids is 1. The predicted molar refractivity (Wildman–Crippen MR) is 113 cm³/mol. The van der Waals surface area contributed by atoms with Gasteiger partial charge in [0.05, 0.1) is 24.6 Å². The van der Waals surface area contributed by atoms with E-state index < -0.39 is 10.0 Å². The molecule has 10 heteroatoms. The van der Waals surface area contributed by atoms with Crippen LogP contribution in [0.3, 0.4) is 0 Å². The summed E-state index contributed by atoms with van der Waals surface area (Å²) < 4.78 is 35.4. The fourth-order valence-electron chi connectivity index (χ4n) is 3.17. The van der Waals surface area contributed by atoms with E-state index in [0.29, 0.717) is 59.7 Å². The van der Waals surface area contributed by atoms with Gasteiger partial charge in [0, 0.05) is 31.9 Å². The summed E-state index contributed by atoms with van der Waals surface area (Å²) in [6.07, 6.45) is 0.705. The first-order valence-corrected chi connectivity index (χ1v) is 12.0. The fraction of sp³-hybridized carbons (Fsp3) is 0.579. The van der Waals surface area contributed by atoms with Crippen molar-refractivity contribution in [1.29, 1.82) is 0 Å². The molecule has 1 amide bonds. The third-order valence-electron chi connectivity index (χ3n) is 5.26. The highest BCUT2D eigenvalue weighted by atomic mass is 32.2. The topological polar surface area (TPSA) is 93.5 Å². The number of sulfonamides is 1. The molecule has 0 saturated carbocycles. The summed E-state index contributed by atoms with van der Waals surface area (Å²) in [6.45, 7) is 9.57. The Labute approximate surface area is 175 Å². The molecule has 0 spiro atoms. The summed E-state index contributed by atoms with van der Waals surface area (Å²) >= 11 is 1.30. The van der Waals surface area contributed by atoms with Crippen molar-refractivity contribution in [2.75, 3.05) is 26.3 Å². The quantitative estimate of drug-likeness (QED) is 0.744. The number of amides is 1. The van der Waals surface area contributed by atoms with E-state index in [9.17, 15) is 13.2 Å². The van der Waals surface area contributed by atoms with E-state index in [1.807, 2.05) is 32.4 Å². The Morgan fingerprint density at radius 2 is 2.00 bits per heavy atom. The van der Waals surface area contributed by atoms with E-state index in [2.05, 4.69) is 9.71 Å². The summed E-state index contributed by atoms with van der Waals surface area (Å²) in [5.74, 6) is -0.0493. The van der Waals surface area contributed by atoms with Crippen LogP contribution in [0, 0.1) is 13.8 Å². The van der Waals surface area contributed by atoms with Crippen LogP contribution in [0.25, 0.3) is 10.7 Å². The van der Waals surface area contributed by atoms with Gasteiger partial charge in [-0.2, -0.15) is 0 Å². The minimum absolute atomic E-state index is 0.0493. The average Bonchev–Trinajstić information content (AvgIpc) is 3.22. The number of morpholine rings is 1. The number of hydrogen-bond donors (Lipinski definition) is 1. The van der Waals surface area contributed by atoms with Crippen molar-refractivity contribution in [2.45, 2.75) is 45.1 Å². The molecule has 1 atom stereocenters. The molecule has 3 heterocycles. The van der Waals surface area contributed by atoms with Gasteiger partial charge in [-0.3, -0.25) is 4.79 Å². The molecule has 29 heavy (non-hydrogen) atoms. The number of carbonyl (C=O) groups is 1. The van der Waals surface area contributed by atoms with Gasteiger partial charge in [0.15, 0.2) is 0 Å². The Morgan fingerprint density at radius 1 is 1.34 bits per heavy atom. The Hall–Kier alpha value is -1.75. The summed E-state index contributed by atoms with van der Waals surface area (Å²) in [7, 11) is -1.82. The summed E-state index contributed by atoms with van der Waals surface area (Å²) in [4.78, 5) is 20.0. The highest BCUT2D eigenvalue weighted by molar-refractivity contribution is 7.89. The maximum atomic E-state index is 12.9. The first kappa shape index (κ1) is 21.9. The lowest BCUT2D eigenvalue weighted by Gasteiger charge is -2.26. The zero-order valence-electron chi connectivity index (χ0n) is 17.5. The van der Waals surface area contributed by atoms with Crippen LogP contribution < -0.4 is 4.72 Å². The number of nitrogens with one attached hydrogen (secondary N) is 1. The summed E-state index contributed by atoms with van der Waals surface area (Å²) in [6, 6.07) is 1.49. The van der Waals surface area contributed by atoms with Crippen molar-refractivity contribution in [3.63, 3.8) is 0 Å². The second-order valence-corrected chi connectivity index (χ2v) is 9.99. The number of aryl methyl sites for hydroxylation is 1. The number of ether oxygens (including phenoxy) is 1. The highest BCUT2D eigenvalue weighted by Crippen LogP contribution is 2.33. The standard InChI is InChI=1S/C19H28N4O4S2/c1-6-12(2)21-29(25,26)16-11-15(22(5)14(16)4)18-20-13(3)17(28-18)19(24)23-7-9-27-10-8-23/h11-12,21H,6-10H2,1-5H3/t12-/m1/s1. The van der Waals surface area contributed by atoms with Gasteiger partial charge in [-0.15, -0.1) is 11.3 Å². The second kappa shape index (κ2) is 8.55. The van der Waals surface area contributed by atoms with Crippen molar-refractivity contribution >= 4 is 27.3 Å². The van der Waals surface area contributed by atoms with Crippen LogP contribution >= 0.6 is 11.3 Å². The summed E-state index contributed by atoms with van der Waals surface area (Å²) in [5.41, 5.74) is 1.97. The van der Waals surface area contributed by atoms with Gasteiger partial charge in [-0.25, -0.2) is 18.1 Å². The van der Waals surface area contributed by atoms with Crippen molar-refractivity contribution in [3.05, 3.63) is 22.3 Å². The molecule has 0 bridgehead atoms. The lowest BCUT2D eigenvalue weighted by molar-refractivity contribution is 0.0305. The van der Waals surface area contributed by atoms with Crippen LogP contribution in [0.2, 0.25) is 0 Å². The van der Waals surface area contributed by atoms with Gasteiger partial charge in [0.1, 0.15) is 14.8 Å². The number of nitrogens with zero attached hydrogens (tertiary/aromatic N) is 3. The Balaban J connectivity index is 1.95. The molecule has 0 aromatic carbocycles. The van der Waals surface area contributed by atoms with E-state index in [0.717, 1.165) is 0 Å². The van der Waals surface area contributed by atoms with Gasteiger partial charge in [0.2, 0.25) is 10.0 Å². The molecule has 3 rings (SSSR count). The molecule has 1 fully saturated rings. The molecule has 1 aliphatic rings. The minimum atomic E-state index is -3.63. The van der Waals surface area contributed by atoms with Gasteiger partial charge < -0.3 is 14.2 Å². The number of rotatable bonds is 6. The van der Waals surface area contributed by atoms with Gasteiger partial charge in [-0.05, 0) is 33.3 Å². The maximum absolute atomic E-state index is 12.9. The molecule has 1 aliphatic heterocycles. The van der Waals surface area contributed by atoms with Crippen LogP contribution in [-0.2, 0) is 21.8 Å². The smallest absolute Gasteiger partial charge is 0.266 e. The predicted octanol–water partition coefficient (Wildman–Crippen LogP) is 2.31. The molecule has 8 nitrogen and oxygen atoms in total. The fourth-order valence-corrected chi connectivity index (χ4v) is 5.88.